The number of hydrogen-bond acceptors (Lipinski definition) is 3. The topological polar surface area (TPSA) is 37.3 Å². The van der Waals surface area contributed by atoms with Crippen molar-refractivity contribution in [2.75, 3.05) is 11.4 Å². The third-order valence-corrected chi connectivity index (χ3v) is 9.85. The summed E-state index contributed by atoms with van der Waals surface area (Å²) < 4.78 is 20.1. The van der Waals surface area contributed by atoms with Crippen molar-refractivity contribution >= 4 is 22.9 Å². The Bertz CT molecular complexity index is 2350. The van der Waals surface area contributed by atoms with Gasteiger partial charge in [-0.05, 0) is 52.4 Å². The molecule has 262 valence electrons. The number of pyridine rings is 2. The molecule has 4 heterocycles. The first-order valence-electron chi connectivity index (χ1n) is 18.7. The normalized spacial score (nSPS) is 13.4. The molecule has 7 aromatic rings. The summed E-state index contributed by atoms with van der Waals surface area (Å²) >= 11 is 0. The number of ether oxygens (including phenoxy) is 1. The molecule has 1 aliphatic heterocycles. The number of aromatic nitrogens is 3. The van der Waals surface area contributed by atoms with Gasteiger partial charge in [0.1, 0.15) is 6.54 Å². The van der Waals surface area contributed by atoms with Gasteiger partial charge < -0.3 is 14.1 Å². The summed E-state index contributed by atoms with van der Waals surface area (Å²) in [6, 6.07) is 46.6. The highest BCUT2D eigenvalue weighted by atomic mass is 16.5. The largest absolute Gasteiger partial charge is 0.439 e. The van der Waals surface area contributed by atoms with Gasteiger partial charge in [-0.3, -0.25) is 0 Å². The predicted octanol–water partition coefficient (Wildman–Crippen LogP) is 9.34. The van der Waals surface area contributed by atoms with Gasteiger partial charge >= 0.3 is 5.89 Å². The van der Waals surface area contributed by atoms with E-state index >= 15 is 0 Å². The Labute approximate surface area is 311 Å². The van der Waals surface area contributed by atoms with Gasteiger partial charge in [0.15, 0.2) is 43.6 Å². The molecule has 0 saturated carbocycles. The number of rotatable bonds is 13. The van der Waals surface area contributed by atoms with Crippen LogP contribution in [0.2, 0.25) is 0 Å². The van der Waals surface area contributed by atoms with Crippen molar-refractivity contribution in [1.29, 1.82) is 0 Å². The van der Waals surface area contributed by atoms with E-state index in [0.29, 0.717) is 0 Å². The van der Waals surface area contributed by atoms with E-state index in [1.165, 1.54) is 22.3 Å². The van der Waals surface area contributed by atoms with Crippen LogP contribution in [0.5, 0.6) is 5.75 Å². The zero-order chi connectivity index (χ0) is 35.8. The molecule has 1 aliphatic rings. The molecule has 0 spiro atoms. The molecule has 53 heavy (non-hydrogen) atoms. The van der Waals surface area contributed by atoms with Crippen LogP contribution in [0.4, 0.5) is 5.69 Å². The lowest BCUT2D eigenvalue weighted by Crippen LogP contribution is -2.39. The molecule has 8 rings (SSSR count). The van der Waals surface area contributed by atoms with Crippen LogP contribution in [0.1, 0.15) is 32.1 Å². The fraction of sp³-hybridized carbons (Fsp3) is 0.170. The van der Waals surface area contributed by atoms with Crippen LogP contribution < -0.4 is 23.3 Å². The molecule has 6 nitrogen and oxygen atoms in total. The number of anilines is 1. The molecule has 6 heteroatoms. The van der Waals surface area contributed by atoms with Gasteiger partial charge in [0, 0.05) is 49.4 Å². The molecule has 0 fully saturated rings. The highest BCUT2D eigenvalue weighted by Crippen LogP contribution is 2.42. The van der Waals surface area contributed by atoms with E-state index in [4.69, 9.17) is 9.15 Å². The molecule has 0 amide bonds. The lowest BCUT2D eigenvalue weighted by molar-refractivity contribution is -0.719. The van der Waals surface area contributed by atoms with Crippen LogP contribution in [-0.2, 0) is 19.6 Å². The summed E-state index contributed by atoms with van der Waals surface area (Å²) in [6.45, 7) is 5.67. The molecule has 0 unspecified atom stereocenters. The first kappa shape index (κ1) is 33.9. The number of nitrogens with zero attached hydrogens (tertiary/aromatic N) is 4. The predicted molar refractivity (Wildman–Crippen MR) is 211 cm³/mol. The van der Waals surface area contributed by atoms with E-state index in [-0.39, 0.29) is 0 Å². The van der Waals surface area contributed by atoms with Gasteiger partial charge in [0.25, 0.3) is 5.52 Å². The summed E-state index contributed by atoms with van der Waals surface area (Å²) in [7, 11) is 0. The fourth-order valence-electron chi connectivity index (χ4n) is 7.05. The lowest BCUT2D eigenvalue weighted by atomic mass is 10.0. The minimum absolute atomic E-state index is 0.818. The van der Waals surface area contributed by atoms with Gasteiger partial charge in [-0.15, -0.1) is 0 Å². The summed E-state index contributed by atoms with van der Waals surface area (Å²) in [5.74, 6) is 2.56. The van der Waals surface area contributed by atoms with Crippen LogP contribution in [-0.4, -0.2) is 6.54 Å². The number of fused-ring (bicyclic) bond motifs is 2. The molecular formula is C47H45N4O2+3. The number of hydrogen-bond donors (Lipinski definition) is 0. The van der Waals surface area contributed by atoms with Gasteiger partial charge in [-0.25, -0.2) is 9.13 Å². The van der Waals surface area contributed by atoms with E-state index < -0.39 is 0 Å². The molecule has 3 aromatic heterocycles. The average molecular weight is 698 g/mol. The minimum atomic E-state index is 0.818. The van der Waals surface area contributed by atoms with Gasteiger partial charge in [-0.1, -0.05) is 91.9 Å². The first-order valence-corrected chi connectivity index (χ1v) is 18.7. The Balaban J connectivity index is 1.14. The lowest BCUT2D eigenvalue weighted by Gasteiger charge is -2.18. The third-order valence-electron chi connectivity index (χ3n) is 9.85. The Hall–Kier alpha value is -6.27. The van der Waals surface area contributed by atoms with Crippen molar-refractivity contribution in [1.82, 2.24) is 0 Å². The van der Waals surface area contributed by atoms with Crippen molar-refractivity contribution in [2.45, 2.75) is 45.8 Å². The van der Waals surface area contributed by atoms with Crippen LogP contribution in [0.25, 0.3) is 39.4 Å². The van der Waals surface area contributed by atoms with E-state index in [2.05, 4.69) is 196 Å². The Morgan fingerprint density at radius 3 is 1.89 bits per heavy atom. The summed E-state index contributed by atoms with van der Waals surface area (Å²) in [5.41, 5.74) is 8.93. The monoisotopic (exact) mass is 697 g/mol. The second-order valence-corrected chi connectivity index (χ2v) is 13.4. The van der Waals surface area contributed by atoms with E-state index in [9.17, 15) is 0 Å². The van der Waals surface area contributed by atoms with E-state index in [1.54, 1.807) is 0 Å². The molecule has 0 bridgehead atoms. The molecule has 0 N–H and O–H groups in total. The SMILES string of the molecule is CCC(/C=C1\Oc2ccc(-c3ccccc3)cc2N1CCC[n+]1ccccc1)=C\c1oc2ccc(-c3ccccc3)cc2[n+]1CCC[n+]1ccccc1. The van der Waals surface area contributed by atoms with Crippen molar-refractivity contribution in [3.8, 4) is 28.0 Å². The maximum Gasteiger partial charge on any atom is 0.374 e. The Morgan fingerprint density at radius 1 is 0.623 bits per heavy atom. The zero-order valence-corrected chi connectivity index (χ0v) is 30.2. The smallest absolute Gasteiger partial charge is 0.374 e. The van der Waals surface area contributed by atoms with E-state index in [1.807, 2.05) is 0 Å². The molecular weight excluding hydrogens is 653 g/mol. The minimum Gasteiger partial charge on any atom is -0.439 e. The second kappa shape index (κ2) is 16.0. The molecule has 0 aliphatic carbocycles. The third kappa shape index (κ3) is 7.82. The standard InChI is InChI=1S/C47H45N4O2/c1-2-37(33-46-50(31-15-29-48-25-11-5-12-26-48)42-35-40(21-23-44(42)52-46)38-17-7-3-8-18-38)34-47-51(32-16-30-49-27-13-6-14-28-49)43-36-41(22-24-45(43)53-47)39-19-9-4-10-20-39/h3-14,17-28,33-36H,2,15-16,29-32H2,1H3/q+3. The number of oxazole rings is 1. The molecule has 0 radical (unpaired) electrons. The summed E-state index contributed by atoms with van der Waals surface area (Å²) in [4.78, 5) is 2.34. The van der Waals surface area contributed by atoms with Crippen LogP contribution in [0, 0.1) is 0 Å². The zero-order valence-electron chi connectivity index (χ0n) is 30.2. The fourth-order valence-corrected chi connectivity index (χ4v) is 7.05. The van der Waals surface area contributed by atoms with Gasteiger partial charge in [0.2, 0.25) is 11.5 Å². The van der Waals surface area contributed by atoms with Crippen molar-refractivity contribution in [3.05, 3.63) is 182 Å². The number of aryl methyl sites for hydroxylation is 3. The quantitative estimate of drug-likeness (QED) is 0.113. The highest BCUT2D eigenvalue weighted by molar-refractivity contribution is 5.79. The van der Waals surface area contributed by atoms with E-state index in [0.717, 1.165) is 85.3 Å². The van der Waals surface area contributed by atoms with Crippen molar-refractivity contribution < 1.29 is 22.9 Å². The van der Waals surface area contributed by atoms with Gasteiger partial charge in [0.05, 0.1) is 18.2 Å². The number of allylic oxidation sites excluding steroid dienone is 2. The molecule has 4 aromatic carbocycles. The van der Waals surface area contributed by atoms with Crippen LogP contribution in [0.15, 0.2) is 180 Å². The molecule has 0 saturated heterocycles. The number of benzene rings is 4. The highest BCUT2D eigenvalue weighted by Gasteiger charge is 2.28. The Morgan fingerprint density at radius 2 is 1.23 bits per heavy atom. The maximum atomic E-state index is 6.65. The Kier molecular flexibility index (Phi) is 10.2. The average Bonchev–Trinajstić information content (AvgIpc) is 3.74. The van der Waals surface area contributed by atoms with Crippen molar-refractivity contribution in [2.24, 2.45) is 0 Å². The maximum absolute atomic E-state index is 6.65. The van der Waals surface area contributed by atoms with Crippen LogP contribution in [0.3, 0.4) is 0 Å². The van der Waals surface area contributed by atoms with Gasteiger partial charge in [-0.2, -0.15) is 4.57 Å². The van der Waals surface area contributed by atoms with Crippen molar-refractivity contribution in [3.63, 3.8) is 0 Å². The second-order valence-electron chi connectivity index (χ2n) is 13.4. The first-order chi connectivity index (χ1) is 26.2. The summed E-state index contributed by atoms with van der Waals surface area (Å²) in [5, 5.41) is 0. The van der Waals surface area contributed by atoms with Crippen LogP contribution >= 0.6 is 0 Å². The summed E-state index contributed by atoms with van der Waals surface area (Å²) in [6.07, 6.45) is 15.6. The molecule has 0 atom stereocenters.